The lowest BCUT2D eigenvalue weighted by Gasteiger charge is -2.31. The summed E-state index contributed by atoms with van der Waals surface area (Å²) in [6.07, 6.45) is 2.08. The molecule has 1 unspecified atom stereocenters. The molecule has 0 aliphatic carbocycles. The van der Waals surface area contributed by atoms with Gasteiger partial charge in [0.2, 0.25) is 0 Å². The van der Waals surface area contributed by atoms with E-state index in [1.807, 2.05) is 0 Å². The molecule has 1 rings (SSSR count). The Bertz CT molecular complexity index is 375. The van der Waals surface area contributed by atoms with E-state index >= 15 is 0 Å². The number of hydrogen-bond donors (Lipinski definition) is 1. The average Bonchev–Trinajstić information content (AvgIpc) is 2.27. The van der Waals surface area contributed by atoms with E-state index in [0.29, 0.717) is 6.04 Å². The van der Waals surface area contributed by atoms with Crippen LogP contribution in [0.15, 0.2) is 22.7 Å². The minimum absolute atomic E-state index is 0.195. The van der Waals surface area contributed by atoms with Crippen LogP contribution >= 0.6 is 15.9 Å². The third-order valence-electron chi connectivity index (χ3n) is 2.99. The first-order valence-corrected chi connectivity index (χ1v) is 7.55. The van der Waals surface area contributed by atoms with E-state index in [-0.39, 0.29) is 6.04 Å². The third kappa shape index (κ3) is 4.29. The zero-order valence-corrected chi connectivity index (χ0v) is 13.5. The fourth-order valence-corrected chi connectivity index (χ4v) is 2.57. The van der Waals surface area contributed by atoms with Crippen LogP contribution in [-0.4, -0.2) is 18.6 Å². The molecule has 0 bridgehead atoms. The Morgan fingerprint density at radius 2 is 1.94 bits per heavy atom. The molecule has 18 heavy (non-hydrogen) atoms. The van der Waals surface area contributed by atoms with Gasteiger partial charge in [0, 0.05) is 28.8 Å². The molecular weight excluding hydrogens is 288 g/mol. The second-order valence-electron chi connectivity index (χ2n) is 5.24. The maximum absolute atomic E-state index is 5.95. The van der Waals surface area contributed by atoms with Crippen LogP contribution in [0, 0.1) is 0 Å². The lowest BCUT2D eigenvalue weighted by Crippen LogP contribution is -2.33. The standard InChI is InChI=1S/C15H25BrN2/c1-5-8-18(11(2)3)15-10-14(16)7-6-13(15)9-12(4)17/h6-7,10-12H,5,8-9,17H2,1-4H3. The number of hydrogen-bond acceptors (Lipinski definition) is 2. The number of benzene rings is 1. The van der Waals surface area contributed by atoms with Crippen LogP contribution in [0.25, 0.3) is 0 Å². The summed E-state index contributed by atoms with van der Waals surface area (Å²) in [5.41, 5.74) is 8.61. The van der Waals surface area contributed by atoms with Crippen molar-refractivity contribution < 1.29 is 0 Å². The zero-order valence-electron chi connectivity index (χ0n) is 11.9. The Kier molecular flexibility index (Phi) is 6.16. The van der Waals surface area contributed by atoms with E-state index in [1.54, 1.807) is 0 Å². The van der Waals surface area contributed by atoms with Gasteiger partial charge in [-0.05, 0) is 51.3 Å². The molecular formula is C15H25BrN2. The zero-order chi connectivity index (χ0) is 13.7. The Morgan fingerprint density at radius 1 is 1.28 bits per heavy atom. The van der Waals surface area contributed by atoms with Gasteiger partial charge < -0.3 is 10.6 Å². The van der Waals surface area contributed by atoms with Gasteiger partial charge in [-0.1, -0.05) is 28.9 Å². The summed E-state index contributed by atoms with van der Waals surface area (Å²) in [4.78, 5) is 2.46. The molecule has 2 N–H and O–H groups in total. The first-order valence-electron chi connectivity index (χ1n) is 6.76. The van der Waals surface area contributed by atoms with E-state index in [1.165, 1.54) is 11.3 Å². The van der Waals surface area contributed by atoms with Gasteiger partial charge >= 0.3 is 0 Å². The van der Waals surface area contributed by atoms with Gasteiger partial charge in [-0.25, -0.2) is 0 Å². The second-order valence-corrected chi connectivity index (χ2v) is 6.16. The molecule has 0 fully saturated rings. The third-order valence-corrected chi connectivity index (χ3v) is 3.48. The van der Waals surface area contributed by atoms with Gasteiger partial charge in [0.25, 0.3) is 0 Å². The van der Waals surface area contributed by atoms with Crippen molar-refractivity contribution in [1.82, 2.24) is 0 Å². The topological polar surface area (TPSA) is 29.3 Å². The van der Waals surface area contributed by atoms with Crippen molar-refractivity contribution in [2.45, 2.75) is 52.6 Å². The van der Waals surface area contributed by atoms with Gasteiger partial charge in [-0.15, -0.1) is 0 Å². The molecule has 1 aromatic carbocycles. The van der Waals surface area contributed by atoms with Crippen molar-refractivity contribution in [1.29, 1.82) is 0 Å². The molecule has 0 spiro atoms. The molecule has 1 atom stereocenters. The monoisotopic (exact) mass is 312 g/mol. The molecule has 102 valence electrons. The van der Waals surface area contributed by atoms with Crippen LogP contribution in [0.1, 0.15) is 39.7 Å². The largest absolute Gasteiger partial charge is 0.369 e. The highest BCUT2D eigenvalue weighted by molar-refractivity contribution is 9.10. The number of halogens is 1. The molecule has 0 aliphatic rings. The highest BCUT2D eigenvalue weighted by Crippen LogP contribution is 2.28. The van der Waals surface area contributed by atoms with Crippen LogP contribution in [0.3, 0.4) is 0 Å². The SMILES string of the molecule is CCCN(c1cc(Br)ccc1CC(C)N)C(C)C. The molecule has 0 saturated heterocycles. The summed E-state index contributed by atoms with van der Waals surface area (Å²) in [6, 6.07) is 7.21. The molecule has 0 aromatic heterocycles. The highest BCUT2D eigenvalue weighted by atomic mass is 79.9. The number of nitrogens with two attached hydrogens (primary N) is 1. The van der Waals surface area contributed by atoms with Gasteiger partial charge in [0.1, 0.15) is 0 Å². The van der Waals surface area contributed by atoms with Crippen molar-refractivity contribution in [2.75, 3.05) is 11.4 Å². The highest BCUT2D eigenvalue weighted by Gasteiger charge is 2.15. The summed E-state index contributed by atoms with van der Waals surface area (Å²) in [6.45, 7) is 9.85. The quantitative estimate of drug-likeness (QED) is 0.861. The molecule has 0 radical (unpaired) electrons. The first kappa shape index (κ1) is 15.5. The molecule has 0 heterocycles. The molecule has 1 aromatic rings. The van der Waals surface area contributed by atoms with Gasteiger partial charge in [-0.2, -0.15) is 0 Å². The van der Waals surface area contributed by atoms with Crippen molar-refractivity contribution in [3.05, 3.63) is 28.2 Å². The smallest absolute Gasteiger partial charge is 0.0412 e. The van der Waals surface area contributed by atoms with Gasteiger partial charge in [-0.3, -0.25) is 0 Å². The van der Waals surface area contributed by atoms with E-state index in [4.69, 9.17) is 5.73 Å². The van der Waals surface area contributed by atoms with E-state index in [0.717, 1.165) is 23.9 Å². The van der Waals surface area contributed by atoms with Crippen LogP contribution in [0.4, 0.5) is 5.69 Å². The van der Waals surface area contributed by atoms with Crippen LogP contribution in [0.5, 0.6) is 0 Å². The Morgan fingerprint density at radius 3 is 2.44 bits per heavy atom. The van der Waals surface area contributed by atoms with Crippen LogP contribution in [-0.2, 0) is 6.42 Å². The Hall–Kier alpha value is -0.540. The average molecular weight is 313 g/mol. The van der Waals surface area contributed by atoms with E-state index in [2.05, 4.69) is 66.7 Å². The second kappa shape index (κ2) is 7.15. The summed E-state index contributed by atoms with van der Waals surface area (Å²) in [5, 5.41) is 0. The lowest BCUT2D eigenvalue weighted by atomic mass is 10.0. The maximum Gasteiger partial charge on any atom is 0.0412 e. The molecule has 2 nitrogen and oxygen atoms in total. The molecule has 3 heteroatoms. The van der Waals surface area contributed by atoms with E-state index < -0.39 is 0 Å². The summed E-state index contributed by atoms with van der Waals surface area (Å²) in [7, 11) is 0. The number of anilines is 1. The summed E-state index contributed by atoms with van der Waals surface area (Å²) in [5.74, 6) is 0. The predicted molar refractivity (Wildman–Crippen MR) is 84.3 cm³/mol. The maximum atomic E-state index is 5.95. The van der Waals surface area contributed by atoms with Gasteiger partial charge in [0.15, 0.2) is 0 Å². The predicted octanol–water partition coefficient (Wildman–Crippen LogP) is 3.96. The molecule has 0 saturated carbocycles. The molecule has 0 amide bonds. The normalized spacial score (nSPS) is 12.8. The van der Waals surface area contributed by atoms with E-state index in [9.17, 15) is 0 Å². The van der Waals surface area contributed by atoms with Crippen molar-refractivity contribution >= 4 is 21.6 Å². The Labute approximate surface area is 120 Å². The van der Waals surface area contributed by atoms with Crippen molar-refractivity contribution in [3.8, 4) is 0 Å². The number of rotatable bonds is 6. The minimum atomic E-state index is 0.195. The Balaban J connectivity index is 3.12. The van der Waals surface area contributed by atoms with Crippen LogP contribution in [0.2, 0.25) is 0 Å². The fourth-order valence-electron chi connectivity index (χ4n) is 2.22. The first-order chi connectivity index (χ1) is 8.45. The number of nitrogens with zero attached hydrogens (tertiary/aromatic N) is 1. The minimum Gasteiger partial charge on any atom is -0.369 e. The van der Waals surface area contributed by atoms with Crippen molar-refractivity contribution in [3.63, 3.8) is 0 Å². The van der Waals surface area contributed by atoms with Crippen molar-refractivity contribution in [2.24, 2.45) is 5.73 Å². The fraction of sp³-hybridized carbons (Fsp3) is 0.600. The summed E-state index contributed by atoms with van der Waals surface area (Å²) < 4.78 is 1.13. The summed E-state index contributed by atoms with van der Waals surface area (Å²) >= 11 is 3.57. The lowest BCUT2D eigenvalue weighted by molar-refractivity contribution is 0.660. The molecule has 0 aliphatic heterocycles. The van der Waals surface area contributed by atoms with Crippen LogP contribution < -0.4 is 10.6 Å². The van der Waals surface area contributed by atoms with Gasteiger partial charge in [0.05, 0.1) is 0 Å².